The van der Waals surface area contributed by atoms with Crippen LogP contribution in [-0.2, 0) is 0 Å². The Kier molecular flexibility index (Phi) is 3.67. The van der Waals surface area contributed by atoms with E-state index in [9.17, 15) is 4.79 Å². The first-order valence-corrected chi connectivity index (χ1v) is 8.31. The number of likely N-dealkylation sites (tertiary alicyclic amines) is 1. The van der Waals surface area contributed by atoms with Crippen LogP contribution in [0.4, 0.5) is 6.01 Å². The number of nitrogens with one attached hydrogen (secondary N) is 2. The van der Waals surface area contributed by atoms with Crippen molar-refractivity contribution in [3.05, 3.63) is 35.3 Å². The summed E-state index contributed by atoms with van der Waals surface area (Å²) in [4.78, 5) is 14.9. The molecule has 8 nitrogen and oxygen atoms in total. The van der Waals surface area contributed by atoms with Gasteiger partial charge < -0.3 is 14.6 Å². The molecular weight excluding hydrogens is 320 g/mol. The molecular formula is C17H20N6O2. The van der Waals surface area contributed by atoms with Gasteiger partial charge in [0.25, 0.3) is 5.91 Å². The van der Waals surface area contributed by atoms with Gasteiger partial charge in [-0.25, -0.2) is 0 Å². The maximum atomic E-state index is 13.1. The molecule has 1 aliphatic rings. The van der Waals surface area contributed by atoms with Gasteiger partial charge in [0.2, 0.25) is 5.89 Å². The van der Waals surface area contributed by atoms with E-state index >= 15 is 0 Å². The van der Waals surface area contributed by atoms with Crippen molar-refractivity contribution >= 4 is 22.8 Å². The number of amides is 1. The number of benzene rings is 1. The van der Waals surface area contributed by atoms with Crippen LogP contribution in [0.25, 0.3) is 10.9 Å². The SMILES string of the molecule is Cc1cc(C(=O)N2CC(C)C(Nc3nnc(C)o3)C2)c2[nH]ncc2c1. The number of nitrogens with zero attached hydrogens (tertiary/aromatic N) is 4. The van der Waals surface area contributed by atoms with Crippen molar-refractivity contribution < 1.29 is 9.21 Å². The third-order valence-corrected chi connectivity index (χ3v) is 4.66. The van der Waals surface area contributed by atoms with Gasteiger partial charge in [0, 0.05) is 25.4 Å². The standard InChI is InChI=1S/C17H20N6O2/c1-9-4-12-6-18-21-15(12)13(5-9)16(24)23-7-10(2)14(8-23)19-17-22-20-11(3)25-17/h4-6,10,14H,7-8H2,1-3H3,(H,18,21)(H,19,22). The normalized spacial score (nSPS) is 20.4. The molecule has 0 spiro atoms. The number of aromatic amines is 1. The highest BCUT2D eigenvalue weighted by atomic mass is 16.4. The van der Waals surface area contributed by atoms with Crippen LogP contribution in [0.3, 0.4) is 0 Å². The minimum absolute atomic E-state index is 0.0100. The Balaban J connectivity index is 1.55. The van der Waals surface area contributed by atoms with Crippen molar-refractivity contribution in [2.45, 2.75) is 26.8 Å². The summed E-state index contributed by atoms with van der Waals surface area (Å²) >= 11 is 0. The molecule has 3 heterocycles. The molecule has 0 aliphatic carbocycles. The number of aryl methyl sites for hydroxylation is 2. The van der Waals surface area contributed by atoms with Gasteiger partial charge in [-0.15, -0.1) is 5.10 Å². The number of carbonyl (C=O) groups excluding carboxylic acids is 1. The van der Waals surface area contributed by atoms with Crippen LogP contribution < -0.4 is 5.32 Å². The fourth-order valence-electron chi connectivity index (χ4n) is 3.38. The molecule has 0 bridgehead atoms. The van der Waals surface area contributed by atoms with E-state index in [2.05, 4.69) is 32.6 Å². The predicted octanol–water partition coefficient (Wildman–Crippen LogP) is 2.14. The highest BCUT2D eigenvalue weighted by Gasteiger charge is 2.34. The molecule has 0 saturated carbocycles. The average Bonchev–Trinajstić information content (AvgIpc) is 3.27. The van der Waals surface area contributed by atoms with Gasteiger partial charge in [0.1, 0.15) is 0 Å². The minimum atomic E-state index is 0.0100. The van der Waals surface area contributed by atoms with E-state index < -0.39 is 0 Å². The van der Waals surface area contributed by atoms with Crippen molar-refractivity contribution in [3.8, 4) is 0 Å². The monoisotopic (exact) mass is 340 g/mol. The van der Waals surface area contributed by atoms with E-state index in [1.165, 1.54) is 0 Å². The second-order valence-electron chi connectivity index (χ2n) is 6.71. The number of H-pyrrole nitrogens is 1. The summed E-state index contributed by atoms with van der Waals surface area (Å²) in [5.74, 6) is 0.802. The Labute approximate surface area is 144 Å². The van der Waals surface area contributed by atoms with Crippen LogP contribution in [0, 0.1) is 19.8 Å². The molecule has 2 unspecified atom stereocenters. The molecule has 4 rings (SSSR count). The van der Waals surface area contributed by atoms with E-state index in [0.29, 0.717) is 30.6 Å². The van der Waals surface area contributed by atoms with Gasteiger partial charge in [-0.1, -0.05) is 12.0 Å². The number of hydrogen-bond donors (Lipinski definition) is 2. The molecule has 130 valence electrons. The summed E-state index contributed by atoms with van der Waals surface area (Å²) in [5, 5.41) is 19.0. The van der Waals surface area contributed by atoms with Gasteiger partial charge in [-0.05, 0) is 30.5 Å². The zero-order valence-electron chi connectivity index (χ0n) is 14.4. The van der Waals surface area contributed by atoms with Crippen LogP contribution in [0.5, 0.6) is 0 Å². The smallest absolute Gasteiger partial charge is 0.315 e. The summed E-state index contributed by atoms with van der Waals surface area (Å²) in [5.41, 5.74) is 2.49. The maximum Gasteiger partial charge on any atom is 0.315 e. The highest BCUT2D eigenvalue weighted by molar-refractivity contribution is 6.05. The molecule has 2 aromatic heterocycles. The Hall–Kier alpha value is -2.90. The fraction of sp³-hybridized carbons (Fsp3) is 0.412. The van der Waals surface area contributed by atoms with E-state index in [1.54, 1.807) is 13.1 Å². The number of fused-ring (bicyclic) bond motifs is 1. The topological polar surface area (TPSA) is 99.9 Å². The Morgan fingerprint density at radius 2 is 2.16 bits per heavy atom. The van der Waals surface area contributed by atoms with E-state index in [1.807, 2.05) is 24.0 Å². The highest BCUT2D eigenvalue weighted by Crippen LogP contribution is 2.25. The van der Waals surface area contributed by atoms with E-state index in [4.69, 9.17) is 4.42 Å². The average molecular weight is 340 g/mol. The maximum absolute atomic E-state index is 13.1. The molecule has 2 N–H and O–H groups in total. The number of hydrogen-bond acceptors (Lipinski definition) is 6. The first kappa shape index (κ1) is 15.6. The fourth-order valence-corrected chi connectivity index (χ4v) is 3.38. The van der Waals surface area contributed by atoms with Crippen LogP contribution >= 0.6 is 0 Å². The lowest BCUT2D eigenvalue weighted by Gasteiger charge is -2.17. The molecule has 8 heteroatoms. The Morgan fingerprint density at radius 3 is 2.92 bits per heavy atom. The molecule has 1 fully saturated rings. The lowest BCUT2D eigenvalue weighted by Crippen LogP contribution is -2.32. The third-order valence-electron chi connectivity index (χ3n) is 4.66. The molecule has 1 aromatic carbocycles. The third kappa shape index (κ3) is 2.84. The van der Waals surface area contributed by atoms with Crippen molar-refractivity contribution in [2.75, 3.05) is 18.4 Å². The zero-order chi connectivity index (χ0) is 17.6. The van der Waals surface area contributed by atoms with Crippen molar-refractivity contribution in [3.63, 3.8) is 0 Å². The zero-order valence-corrected chi connectivity index (χ0v) is 14.4. The molecule has 1 saturated heterocycles. The van der Waals surface area contributed by atoms with Gasteiger partial charge in [0.15, 0.2) is 0 Å². The summed E-state index contributed by atoms with van der Waals surface area (Å²) in [7, 11) is 0. The number of aromatic nitrogens is 4. The van der Waals surface area contributed by atoms with Gasteiger partial charge in [-0.2, -0.15) is 5.10 Å². The Morgan fingerprint density at radius 1 is 1.32 bits per heavy atom. The van der Waals surface area contributed by atoms with Crippen LogP contribution in [0.15, 0.2) is 22.7 Å². The minimum Gasteiger partial charge on any atom is -0.408 e. The molecule has 3 aromatic rings. The van der Waals surface area contributed by atoms with Crippen molar-refractivity contribution in [1.82, 2.24) is 25.3 Å². The quantitative estimate of drug-likeness (QED) is 0.758. The van der Waals surface area contributed by atoms with Crippen molar-refractivity contribution in [2.24, 2.45) is 5.92 Å². The molecule has 2 atom stereocenters. The number of anilines is 1. The van der Waals surface area contributed by atoms with E-state index in [0.717, 1.165) is 16.5 Å². The lowest BCUT2D eigenvalue weighted by molar-refractivity contribution is 0.0789. The Bertz CT molecular complexity index is 930. The molecule has 25 heavy (non-hydrogen) atoms. The number of rotatable bonds is 3. The molecule has 1 amide bonds. The summed E-state index contributed by atoms with van der Waals surface area (Å²) in [6.45, 7) is 7.10. The van der Waals surface area contributed by atoms with Gasteiger partial charge >= 0.3 is 6.01 Å². The van der Waals surface area contributed by atoms with Crippen LogP contribution in [0.2, 0.25) is 0 Å². The summed E-state index contributed by atoms with van der Waals surface area (Å²) in [6, 6.07) is 4.40. The summed E-state index contributed by atoms with van der Waals surface area (Å²) < 4.78 is 5.39. The predicted molar refractivity (Wildman–Crippen MR) is 92.3 cm³/mol. The molecule has 1 aliphatic heterocycles. The van der Waals surface area contributed by atoms with Gasteiger partial charge in [0.05, 0.1) is 23.3 Å². The molecule has 0 radical (unpaired) electrons. The second-order valence-corrected chi connectivity index (χ2v) is 6.71. The van der Waals surface area contributed by atoms with E-state index in [-0.39, 0.29) is 17.9 Å². The van der Waals surface area contributed by atoms with Gasteiger partial charge in [-0.3, -0.25) is 9.89 Å². The lowest BCUT2D eigenvalue weighted by atomic mass is 10.1. The second kappa shape index (κ2) is 5.87. The largest absolute Gasteiger partial charge is 0.408 e. The number of carbonyl (C=O) groups is 1. The first-order valence-electron chi connectivity index (χ1n) is 8.31. The first-order chi connectivity index (χ1) is 12.0. The van der Waals surface area contributed by atoms with Crippen LogP contribution in [0.1, 0.15) is 28.7 Å². The van der Waals surface area contributed by atoms with Crippen molar-refractivity contribution in [1.29, 1.82) is 0 Å². The van der Waals surface area contributed by atoms with Crippen LogP contribution in [-0.4, -0.2) is 50.3 Å². The summed E-state index contributed by atoms with van der Waals surface area (Å²) in [6.07, 6.45) is 1.74.